The molecule has 0 atom stereocenters. The Hall–Kier alpha value is -0.990. The zero-order valence-corrected chi connectivity index (χ0v) is 10.6. The van der Waals surface area contributed by atoms with Gasteiger partial charge in [0.05, 0.1) is 12.2 Å². The SMILES string of the molecule is CC1=CC(C)(C)ON(c2ccc(Cl)cc2)C1. The molecule has 0 amide bonds. The molecular weight excluding hydrogens is 222 g/mol. The molecule has 0 saturated heterocycles. The summed E-state index contributed by atoms with van der Waals surface area (Å²) in [6, 6.07) is 7.69. The van der Waals surface area contributed by atoms with Crippen molar-refractivity contribution in [1.29, 1.82) is 0 Å². The number of benzene rings is 1. The van der Waals surface area contributed by atoms with Gasteiger partial charge in [-0.3, -0.25) is 4.84 Å². The number of anilines is 1. The summed E-state index contributed by atoms with van der Waals surface area (Å²) < 4.78 is 0. The van der Waals surface area contributed by atoms with E-state index in [0.717, 1.165) is 17.3 Å². The number of nitrogens with zero attached hydrogens (tertiary/aromatic N) is 1. The van der Waals surface area contributed by atoms with Crippen molar-refractivity contribution in [1.82, 2.24) is 0 Å². The van der Waals surface area contributed by atoms with E-state index in [1.807, 2.05) is 29.3 Å². The van der Waals surface area contributed by atoms with Crippen LogP contribution in [0.3, 0.4) is 0 Å². The second kappa shape index (κ2) is 4.11. The molecule has 0 spiro atoms. The van der Waals surface area contributed by atoms with Gasteiger partial charge in [-0.05, 0) is 45.0 Å². The summed E-state index contributed by atoms with van der Waals surface area (Å²) in [7, 11) is 0. The van der Waals surface area contributed by atoms with Crippen LogP contribution in [-0.2, 0) is 4.84 Å². The average Bonchev–Trinajstić information content (AvgIpc) is 2.15. The van der Waals surface area contributed by atoms with Crippen molar-refractivity contribution in [3.05, 3.63) is 40.9 Å². The molecule has 2 nitrogen and oxygen atoms in total. The molecule has 1 aromatic carbocycles. The van der Waals surface area contributed by atoms with Gasteiger partial charge in [0.1, 0.15) is 5.60 Å². The minimum atomic E-state index is -0.248. The Morgan fingerprint density at radius 1 is 1.25 bits per heavy atom. The van der Waals surface area contributed by atoms with E-state index in [9.17, 15) is 0 Å². The smallest absolute Gasteiger partial charge is 0.109 e. The van der Waals surface area contributed by atoms with Crippen molar-refractivity contribution in [2.45, 2.75) is 26.4 Å². The van der Waals surface area contributed by atoms with Gasteiger partial charge in [0.25, 0.3) is 0 Å². The monoisotopic (exact) mass is 237 g/mol. The molecule has 1 aliphatic heterocycles. The number of hydrogen-bond donors (Lipinski definition) is 0. The normalized spacial score (nSPS) is 19.5. The summed E-state index contributed by atoms with van der Waals surface area (Å²) in [5.74, 6) is 0. The molecule has 0 bridgehead atoms. The third kappa shape index (κ3) is 2.57. The minimum Gasteiger partial charge on any atom is -0.263 e. The fourth-order valence-corrected chi connectivity index (χ4v) is 2.09. The zero-order chi connectivity index (χ0) is 11.8. The van der Waals surface area contributed by atoms with E-state index in [0.29, 0.717) is 0 Å². The van der Waals surface area contributed by atoms with Crippen LogP contribution >= 0.6 is 11.6 Å². The van der Waals surface area contributed by atoms with Crippen LogP contribution < -0.4 is 5.06 Å². The molecule has 0 saturated carbocycles. The van der Waals surface area contributed by atoms with Gasteiger partial charge in [-0.15, -0.1) is 0 Å². The molecule has 1 aliphatic rings. The van der Waals surface area contributed by atoms with Crippen LogP contribution in [-0.4, -0.2) is 12.1 Å². The first-order valence-corrected chi connectivity index (χ1v) is 5.75. The minimum absolute atomic E-state index is 0.248. The molecule has 16 heavy (non-hydrogen) atoms. The van der Waals surface area contributed by atoms with Crippen molar-refractivity contribution >= 4 is 17.3 Å². The highest BCUT2D eigenvalue weighted by molar-refractivity contribution is 6.30. The van der Waals surface area contributed by atoms with E-state index in [2.05, 4.69) is 26.8 Å². The Morgan fingerprint density at radius 3 is 2.44 bits per heavy atom. The average molecular weight is 238 g/mol. The standard InChI is InChI=1S/C13H16ClNO/c1-10-8-13(2,3)16-15(9-10)12-6-4-11(14)5-7-12/h4-8H,9H2,1-3H3. The lowest BCUT2D eigenvalue weighted by molar-refractivity contribution is -0.00609. The fraction of sp³-hybridized carbons (Fsp3) is 0.385. The molecule has 1 heterocycles. The van der Waals surface area contributed by atoms with E-state index in [1.165, 1.54) is 5.57 Å². The van der Waals surface area contributed by atoms with Crippen molar-refractivity contribution in [3.63, 3.8) is 0 Å². The Morgan fingerprint density at radius 2 is 1.88 bits per heavy atom. The quantitative estimate of drug-likeness (QED) is 0.689. The number of hydrogen-bond acceptors (Lipinski definition) is 2. The van der Waals surface area contributed by atoms with Gasteiger partial charge in [-0.1, -0.05) is 23.3 Å². The van der Waals surface area contributed by atoms with Gasteiger partial charge in [-0.25, -0.2) is 5.06 Å². The zero-order valence-electron chi connectivity index (χ0n) is 9.83. The Labute approximate surface area is 101 Å². The summed E-state index contributed by atoms with van der Waals surface area (Å²) in [5.41, 5.74) is 2.10. The van der Waals surface area contributed by atoms with Gasteiger partial charge in [0.15, 0.2) is 0 Å². The third-order valence-electron chi connectivity index (χ3n) is 2.45. The van der Waals surface area contributed by atoms with Gasteiger partial charge in [-0.2, -0.15) is 0 Å². The van der Waals surface area contributed by atoms with E-state index < -0.39 is 0 Å². The van der Waals surface area contributed by atoms with Gasteiger partial charge in [0.2, 0.25) is 0 Å². The summed E-state index contributed by atoms with van der Waals surface area (Å²) in [5, 5.41) is 2.65. The van der Waals surface area contributed by atoms with E-state index in [1.54, 1.807) is 0 Å². The van der Waals surface area contributed by atoms with Gasteiger partial charge in [0, 0.05) is 5.02 Å². The second-order valence-corrected chi connectivity index (χ2v) is 5.13. The molecule has 86 valence electrons. The highest BCUT2D eigenvalue weighted by atomic mass is 35.5. The lowest BCUT2D eigenvalue weighted by Gasteiger charge is -2.36. The van der Waals surface area contributed by atoms with Crippen LogP contribution in [0.1, 0.15) is 20.8 Å². The first-order chi connectivity index (χ1) is 7.46. The van der Waals surface area contributed by atoms with Crippen molar-refractivity contribution in [2.75, 3.05) is 11.6 Å². The van der Waals surface area contributed by atoms with E-state index >= 15 is 0 Å². The molecule has 2 rings (SSSR count). The number of rotatable bonds is 1. The molecule has 1 aromatic rings. The highest BCUT2D eigenvalue weighted by Gasteiger charge is 2.25. The number of hydroxylamine groups is 1. The number of halogens is 1. The predicted molar refractivity (Wildman–Crippen MR) is 67.7 cm³/mol. The molecule has 0 fully saturated rings. The fourth-order valence-electron chi connectivity index (χ4n) is 1.96. The third-order valence-corrected chi connectivity index (χ3v) is 2.70. The summed E-state index contributed by atoms with van der Waals surface area (Å²) in [6.45, 7) is 7.02. The molecule has 0 aromatic heterocycles. The van der Waals surface area contributed by atoms with Crippen molar-refractivity contribution in [2.24, 2.45) is 0 Å². The molecule has 0 aliphatic carbocycles. The molecule has 0 radical (unpaired) electrons. The van der Waals surface area contributed by atoms with Crippen LogP contribution in [0.25, 0.3) is 0 Å². The maximum Gasteiger partial charge on any atom is 0.109 e. The first kappa shape index (κ1) is 11.5. The highest BCUT2D eigenvalue weighted by Crippen LogP contribution is 2.27. The molecule has 3 heteroatoms. The van der Waals surface area contributed by atoms with Crippen LogP contribution in [0.15, 0.2) is 35.9 Å². The Kier molecular flexibility index (Phi) is 2.96. The second-order valence-electron chi connectivity index (χ2n) is 4.70. The summed E-state index contributed by atoms with van der Waals surface area (Å²) in [6.07, 6.45) is 2.15. The van der Waals surface area contributed by atoms with E-state index in [-0.39, 0.29) is 5.60 Å². The predicted octanol–water partition coefficient (Wildman–Crippen LogP) is 3.82. The summed E-state index contributed by atoms with van der Waals surface area (Å²) >= 11 is 5.86. The molecule has 0 unspecified atom stereocenters. The maximum absolute atomic E-state index is 5.88. The molecule has 0 N–H and O–H groups in total. The van der Waals surface area contributed by atoms with Crippen molar-refractivity contribution in [3.8, 4) is 0 Å². The van der Waals surface area contributed by atoms with Crippen LogP contribution in [0.4, 0.5) is 5.69 Å². The van der Waals surface area contributed by atoms with Crippen molar-refractivity contribution < 1.29 is 4.84 Å². The van der Waals surface area contributed by atoms with Gasteiger partial charge < -0.3 is 0 Å². The lowest BCUT2D eigenvalue weighted by Crippen LogP contribution is -2.40. The lowest BCUT2D eigenvalue weighted by atomic mass is 10.0. The van der Waals surface area contributed by atoms with Crippen LogP contribution in [0.2, 0.25) is 5.02 Å². The first-order valence-electron chi connectivity index (χ1n) is 5.37. The largest absolute Gasteiger partial charge is 0.263 e. The van der Waals surface area contributed by atoms with Crippen LogP contribution in [0, 0.1) is 0 Å². The maximum atomic E-state index is 5.88. The van der Waals surface area contributed by atoms with E-state index in [4.69, 9.17) is 16.4 Å². The topological polar surface area (TPSA) is 12.5 Å². The molecular formula is C13H16ClNO. The Bertz CT molecular complexity index is 408. The van der Waals surface area contributed by atoms with Gasteiger partial charge >= 0.3 is 0 Å². The Balaban J connectivity index is 2.24. The van der Waals surface area contributed by atoms with Crippen LogP contribution in [0.5, 0.6) is 0 Å². The summed E-state index contributed by atoms with van der Waals surface area (Å²) in [4.78, 5) is 5.88.